The highest BCUT2D eigenvalue weighted by molar-refractivity contribution is 5.95. The monoisotopic (exact) mass is 289 g/mol. The molecule has 0 fully saturated rings. The number of aliphatic carboxylic acids is 1. The summed E-state index contributed by atoms with van der Waals surface area (Å²) in [6.45, 7) is -0.0969. The van der Waals surface area contributed by atoms with Crippen LogP contribution < -0.4 is 5.32 Å². The molecule has 1 aromatic rings. The zero-order chi connectivity index (χ0) is 15.3. The van der Waals surface area contributed by atoms with E-state index in [0.29, 0.717) is 11.6 Å². The number of hydrogen-bond acceptors (Lipinski definition) is 3. The molecule has 0 aliphatic carbocycles. The Kier molecular flexibility index (Phi) is 4.73. The minimum absolute atomic E-state index is 0.0969. The molecule has 0 saturated heterocycles. The van der Waals surface area contributed by atoms with Crippen LogP contribution in [0.2, 0.25) is 0 Å². The van der Waals surface area contributed by atoms with Crippen LogP contribution in [-0.2, 0) is 22.3 Å². The van der Waals surface area contributed by atoms with E-state index in [-0.39, 0.29) is 6.54 Å². The van der Waals surface area contributed by atoms with E-state index in [1.165, 1.54) is 12.1 Å². The van der Waals surface area contributed by atoms with Crippen LogP contribution in [0.1, 0.15) is 11.1 Å². The van der Waals surface area contributed by atoms with Gasteiger partial charge in [0.2, 0.25) is 11.7 Å². The summed E-state index contributed by atoms with van der Waals surface area (Å²) in [6.07, 6.45) is -3.97. The van der Waals surface area contributed by atoms with Crippen LogP contribution in [0.5, 0.6) is 0 Å². The SMILES string of the molecule is O=C(/C=C(\O)C(=O)O)NCc1ccc(C(F)(F)F)cc1. The third kappa shape index (κ3) is 4.63. The maximum absolute atomic E-state index is 12.3. The van der Waals surface area contributed by atoms with Crippen molar-refractivity contribution in [1.29, 1.82) is 0 Å². The van der Waals surface area contributed by atoms with Crippen LogP contribution in [0.25, 0.3) is 0 Å². The molecular weight excluding hydrogens is 279 g/mol. The predicted molar refractivity (Wildman–Crippen MR) is 61.6 cm³/mol. The number of carboxylic acid groups (broad SMARTS) is 1. The summed E-state index contributed by atoms with van der Waals surface area (Å²) in [5, 5.41) is 19.3. The number of carboxylic acids is 1. The van der Waals surface area contributed by atoms with Crippen LogP contribution in [0, 0.1) is 0 Å². The highest BCUT2D eigenvalue weighted by Gasteiger charge is 2.29. The van der Waals surface area contributed by atoms with Gasteiger partial charge in [-0.1, -0.05) is 12.1 Å². The van der Waals surface area contributed by atoms with Gasteiger partial charge >= 0.3 is 12.1 Å². The van der Waals surface area contributed by atoms with Crippen molar-refractivity contribution in [2.45, 2.75) is 12.7 Å². The Morgan fingerprint density at radius 2 is 1.70 bits per heavy atom. The number of aliphatic hydroxyl groups excluding tert-OH is 1. The van der Waals surface area contributed by atoms with Crippen molar-refractivity contribution in [3.05, 3.63) is 47.2 Å². The number of hydrogen-bond donors (Lipinski definition) is 3. The van der Waals surface area contributed by atoms with Gasteiger partial charge in [-0.15, -0.1) is 0 Å². The highest BCUT2D eigenvalue weighted by atomic mass is 19.4. The van der Waals surface area contributed by atoms with Gasteiger partial charge in [-0.2, -0.15) is 13.2 Å². The van der Waals surface area contributed by atoms with E-state index in [4.69, 9.17) is 10.2 Å². The van der Waals surface area contributed by atoms with Crippen molar-refractivity contribution < 1.29 is 33.0 Å². The van der Waals surface area contributed by atoms with E-state index in [9.17, 15) is 22.8 Å². The van der Waals surface area contributed by atoms with E-state index in [2.05, 4.69) is 5.32 Å². The molecule has 1 rings (SSSR count). The van der Waals surface area contributed by atoms with Crippen molar-refractivity contribution in [2.24, 2.45) is 0 Å². The minimum Gasteiger partial charge on any atom is -0.502 e. The normalized spacial score (nSPS) is 12.1. The number of halogens is 3. The summed E-state index contributed by atoms with van der Waals surface area (Å²) >= 11 is 0. The minimum atomic E-state index is -4.43. The van der Waals surface area contributed by atoms with Crippen LogP contribution in [0.3, 0.4) is 0 Å². The quantitative estimate of drug-likeness (QED) is 0.583. The van der Waals surface area contributed by atoms with Gasteiger partial charge in [-0.25, -0.2) is 4.79 Å². The molecule has 0 radical (unpaired) electrons. The summed E-state index contributed by atoms with van der Waals surface area (Å²) in [7, 11) is 0. The first-order chi connectivity index (χ1) is 9.20. The van der Waals surface area contributed by atoms with Gasteiger partial charge in [0.25, 0.3) is 0 Å². The number of carbonyl (C=O) groups excluding carboxylic acids is 1. The Hall–Kier alpha value is -2.51. The van der Waals surface area contributed by atoms with Crippen molar-refractivity contribution in [3.8, 4) is 0 Å². The molecule has 0 aromatic heterocycles. The zero-order valence-electron chi connectivity index (χ0n) is 9.94. The highest BCUT2D eigenvalue weighted by Crippen LogP contribution is 2.28. The zero-order valence-corrected chi connectivity index (χ0v) is 9.94. The maximum atomic E-state index is 12.3. The molecule has 0 spiro atoms. The molecule has 8 heteroatoms. The molecule has 1 amide bonds. The number of aliphatic hydroxyl groups is 1. The lowest BCUT2D eigenvalue weighted by Gasteiger charge is -2.07. The number of nitrogens with one attached hydrogen (secondary N) is 1. The predicted octanol–water partition coefficient (Wildman–Crippen LogP) is 1.85. The van der Waals surface area contributed by atoms with Crippen molar-refractivity contribution >= 4 is 11.9 Å². The molecule has 0 atom stereocenters. The molecular formula is C12H10F3NO4. The third-order valence-corrected chi connectivity index (χ3v) is 2.23. The number of carbonyl (C=O) groups is 2. The Morgan fingerprint density at radius 3 is 2.15 bits per heavy atom. The second kappa shape index (κ2) is 6.09. The van der Waals surface area contributed by atoms with Gasteiger partial charge in [0, 0.05) is 6.54 Å². The smallest absolute Gasteiger partial charge is 0.416 e. The fourth-order valence-electron chi connectivity index (χ4n) is 1.24. The van der Waals surface area contributed by atoms with Crippen LogP contribution in [-0.4, -0.2) is 22.1 Å². The number of benzene rings is 1. The average Bonchev–Trinajstić information content (AvgIpc) is 2.35. The summed E-state index contributed by atoms with van der Waals surface area (Å²) in [5.41, 5.74) is -0.412. The average molecular weight is 289 g/mol. The summed E-state index contributed by atoms with van der Waals surface area (Å²) in [4.78, 5) is 21.4. The fourth-order valence-corrected chi connectivity index (χ4v) is 1.24. The van der Waals surface area contributed by atoms with E-state index in [1.54, 1.807) is 0 Å². The van der Waals surface area contributed by atoms with Gasteiger partial charge in [-0.05, 0) is 17.7 Å². The van der Waals surface area contributed by atoms with E-state index >= 15 is 0 Å². The van der Waals surface area contributed by atoms with Gasteiger partial charge in [0.1, 0.15) is 0 Å². The third-order valence-electron chi connectivity index (χ3n) is 2.23. The van der Waals surface area contributed by atoms with Gasteiger partial charge in [0.05, 0.1) is 11.6 Å². The molecule has 0 saturated carbocycles. The fraction of sp³-hybridized carbons (Fsp3) is 0.167. The first-order valence-corrected chi connectivity index (χ1v) is 5.28. The van der Waals surface area contributed by atoms with Gasteiger partial charge in [0.15, 0.2) is 0 Å². The Morgan fingerprint density at radius 1 is 1.15 bits per heavy atom. The maximum Gasteiger partial charge on any atom is 0.416 e. The molecule has 0 aliphatic rings. The molecule has 0 unspecified atom stereocenters. The lowest BCUT2D eigenvalue weighted by molar-refractivity contribution is -0.137. The molecule has 1 aromatic carbocycles. The van der Waals surface area contributed by atoms with Crippen LogP contribution in [0.4, 0.5) is 13.2 Å². The molecule has 5 nitrogen and oxygen atoms in total. The second-order valence-corrected chi connectivity index (χ2v) is 3.75. The Balaban J connectivity index is 2.61. The second-order valence-electron chi connectivity index (χ2n) is 3.75. The van der Waals surface area contributed by atoms with Gasteiger partial charge < -0.3 is 15.5 Å². The summed E-state index contributed by atoms with van der Waals surface area (Å²) in [5.74, 6) is -3.66. The number of amides is 1. The first-order valence-electron chi connectivity index (χ1n) is 5.28. The largest absolute Gasteiger partial charge is 0.502 e. The molecule has 0 bridgehead atoms. The lowest BCUT2D eigenvalue weighted by Crippen LogP contribution is -2.21. The Bertz CT molecular complexity index is 535. The summed E-state index contributed by atoms with van der Waals surface area (Å²) in [6, 6.07) is 4.10. The molecule has 0 aliphatic heterocycles. The number of alkyl halides is 3. The van der Waals surface area contributed by atoms with Gasteiger partial charge in [-0.3, -0.25) is 4.79 Å². The summed E-state index contributed by atoms with van der Waals surface area (Å²) < 4.78 is 36.9. The molecule has 0 heterocycles. The van der Waals surface area contributed by atoms with E-state index in [1.807, 2.05) is 0 Å². The molecule has 20 heavy (non-hydrogen) atoms. The van der Waals surface area contributed by atoms with Crippen LogP contribution >= 0.6 is 0 Å². The van der Waals surface area contributed by atoms with Crippen LogP contribution in [0.15, 0.2) is 36.1 Å². The first kappa shape index (κ1) is 15.5. The lowest BCUT2D eigenvalue weighted by atomic mass is 10.1. The van der Waals surface area contributed by atoms with E-state index in [0.717, 1.165) is 12.1 Å². The van der Waals surface area contributed by atoms with Crippen molar-refractivity contribution in [1.82, 2.24) is 5.32 Å². The Labute approximate surface area is 111 Å². The molecule has 108 valence electrons. The van der Waals surface area contributed by atoms with Crippen molar-refractivity contribution in [3.63, 3.8) is 0 Å². The number of rotatable bonds is 4. The van der Waals surface area contributed by atoms with E-state index < -0.39 is 29.4 Å². The van der Waals surface area contributed by atoms with Crippen molar-refractivity contribution in [2.75, 3.05) is 0 Å². The standard InChI is InChI=1S/C12H10F3NO4/c13-12(14,15)8-3-1-7(2-4-8)6-16-10(18)5-9(17)11(19)20/h1-5,17H,6H2,(H,16,18)(H,19,20)/b9-5-. The topological polar surface area (TPSA) is 86.6 Å². The molecule has 3 N–H and O–H groups in total.